The van der Waals surface area contributed by atoms with Crippen LogP contribution >= 0.6 is 11.8 Å². The van der Waals surface area contributed by atoms with Crippen LogP contribution in [0.25, 0.3) is 11.4 Å². The fourth-order valence-electron chi connectivity index (χ4n) is 4.28. The van der Waals surface area contributed by atoms with Gasteiger partial charge in [0.05, 0.1) is 14.2 Å². The third kappa shape index (κ3) is 4.90. The molecule has 3 aromatic rings. The first-order valence-corrected chi connectivity index (χ1v) is 11.9. The van der Waals surface area contributed by atoms with E-state index in [1.807, 2.05) is 18.2 Å². The summed E-state index contributed by atoms with van der Waals surface area (Å²) >= 11 is 1.78. The minimum absolute atomic E-state index is 0.428. The van der Waals surface area contributed by atoms with Crippen LogP contribution < -0.4 is 9.47 Å². The van der Waals surface area contributed by atoms with Crippen LogP contribution in [0.3, 0.4) is 0 Å². The SMILES string of the molecule is COc1cc(OC)cc(-c2nnc(SCc3cc(C)ccc3C)n2C2CCCCC2)c1. The molecule has 6 heteroatoms. The molecule has 0 saturated heterocycles. The minimum Gasteiger partial charge on any atom is -0.497 e. The smallest absolute Gasteiger partial charge is 0.192 e. The van der Waals surface area contributed by atoms with E-state index in [2.05, 4.69) is 46.8 Å². The molecule has 2 aromatic carbocycles. The molecule has 0 radical (unpaired) electrons. The molecule has 4 rings (SSSR count). The van der Waals surface area contributed by atoms with Crippen molar-refractivity contribution in [2.24, 2.45) is 0 Å². The first-order chi connectivity index (χ1) is 15.1. The quantitative estimate of drug-likeness (QED) is 0.402. The summed E-state index contributed by atoms with van der Waals surface area (Å²) in [6.45, 7) is 4.32. The highest BCUT2D eigenvalue weighted by atomic mass is 32.2. The van der Waals surface area contributed by atoms with Crippen LogP contribution in [0.5, 0.6) is 11.5 Å². The van der Waals surface area contributed by atoms with E-state index < -0.39 is 0 Å². The number of hydrogen-bond donors (Lipinski definition) is 0. The second-order valence-corrected chi connectivity index (χ2v) is 9.23. The van der Waals surface area contributed by atoms with Gasteiger partial charge in [0, 0.05) is 23.4 Å². The van der Waals surface area contributed by atoms with Crippen molar-refractivity contribution in [1.82, 2.24) is 14.8 Å². The Labute approximate surface area is 189 Å². The molecule has 1 aromatic heterocycles. The Bertz CT molecular complexity index is 1020. The van der Waals surface area contributed by atoms with Gasteiger partial charge in [-0.2, -0.15) is 0 Å². The van der Waals surface area contributed by atoms with E-state index in [9.17, 15) is 0 Å². The van der Waals surface area contributed by atoms with Gasteiger partial charge in [-0.1, -0.05) is 54.8 Å². The summed E-state index contributed by atoms with van der Waals surface area (Å²) in [5, 5.41) is 10.3. The van der Waals surface area contributed by atoms with Crippen LogP contribution in [0, 0.1) is 13.8 Å². The molecule has 0 amide bonds. The molecule has 0 spiro atoms. The number of ether oxygens (including phenoxy) is 2. The molecule has 1 heterocycles. The summed E-state index contributed by atoms with van der Waals surface area (Å²) in [5.74, 6) is 3.31. The first kappa shape index (κ1) is 21.8. The Balaban J connectivity index is 1.71. The Morgan fingerprint density at radius 3 is 2.32 bits per heavy atom. The number of rotatable bonds is 7. The van der Waals surface area contributed by atoms with Crippen molar-refractivity contribution in [3.05, 3.63) is 53.1 Å². The molecular formula is C25H31N3O2S. The van der Waals surface area contributed by atoms with Gasteiger partial charge in [-0.15, -0.1) is 10.2 Å². The summed E-state index contributed by atoms with van der Waals surface area (Å²) in [4.78, 5) is 0. The number of methoxy groups -OCH3 is 2. The van der Waals surface area contributed by atoms with Gasteiger partial charge in [-0.25, -0.2) is 0 Å². The lowest BCUT2D eigenvalue weighted by Crippen LogP contribution is -2.15. The largest absolute Gasteiger partial charge is 0.497 e. The monoisotopic (exact) mass is 437 g/mol. The van der Waals surface area contributed by atoms with Gasteiger partial charge in [-0.05, 0) is 49.9 Å². The predicted molar refractivity (Wildman–Crippen MR) is 126 cm³/mol. The Hall–Kier alpha value is -2.47. The van der Waals surface area contributed by atoms with Crippen molar-refractivity contribution in [3.63, 3.8) is 0 Å². The average Bonchev–Trinajstić information content (AvgIpc) is 3.23. The third-order valence-corrected chi connectivity index (χ3v) is 7.07. The Morgan fingerprint density at radius 1 is 0.935 bits per heavy atom. The molecule has 5 nitrogen and oxygen atoms in total. The highest BCUT2D eigenvalue weighted by Crippen LogP contribution is 2.38. The zero-order chi connectivity index (χ0) is 21.8. The third-order valence-electron chi connectivity index (χ3n) is 6.08. The van der Waals surface area contributed by atoms with Crippen LogP contribution in [0.15, 0.2) is 41.6 Å². The molecule has 0 aliphatic heterocycles. The van der Waals surface area contributed by atoms with Gasteiger partial charge in [0.1, 0.15) is 11.5 Å². The molecule has 1 aliphatic carbocycles. The summed E-state index contributed by atoms with van der Waals surface area (Å²) in [6, 6.07) is 13.0. The van der Waals surface area contributed by atoms with E-state index in [0.717, 1.165) is 33.8 Å². The van der Waals surface area contributed by atoms with Crippen molar-refractivity contribution in [2.75, 3.05) is 14.2 Å². The van der Waals surface area contributed by atoms with E-state index in [1.165, 1.54) is 48.8 Å². The Kier molecular flexibility index (Phi) is 6.86. The van der Waals surface area contributed by atoms with Gasteiger partial charge in [-0.3, -0.25) is 4.57 Å². The molecular weight excluding hydrogens is 406 g/mol. The van der Waals surface area contributed by atoms with Gasteiger partial charge < -0.3 is 9.47 Å². The molecule has 0 atom stereocenters. The number of thioether (sulfide) groups is 1. The maximum Gasteiger partial charge on any atom is 0.192 e. The highest BCUT2D eigenvalue weighted by Gasteiger charge is 2.24. The second-order valence-electron chi connectivity index (χ2n) is 8.29. The summed E-state index contributed by atoms with van der Waals surface area (Å²) in [7, 11) is 3.35. The number of nitrogens with zero attached hydrogens (tertiary/aromatic N) is 3. The predicted octanol–water partition coefficient (Wildman–Crippen LogP) is 6.38. The molecule has 1 fully saturated rings. The van der Waals surface area contributed by atoms with E-state index in [4.69, 9.17) is 9.47 Å². The first-order valence-electron chi connectivity index (χ1n) is 11.0. The lowest BCUT2D eigenvalue weighted by Gasteiger charge is -2.26. The van der Waals surface area contributed by atoms with Crippen LogP contribution in [0.4, 0.5) is 0 Å². The minimum atomic E-state index is 0.428. The zero-order valence-electron chi connectivity index (χ0n) is 18.9. The molecule has 0 unspecified atom stereocenters. The van der Waals surface area contributed by atoms with Crippen molar-refractivity contribution >= 4 is 11.8 Å². The molecule has 1 aliphatic rings. The maximum absolute atomic E-state index is 5.50. The van der Waals surface area contributed by atoms with Gasteiger partial charge in [0.25, 0.3) is 0 Å². The van der Waals surface area contributed by atoms with Crippen molar-refractivity contribution < 1.29 is 9.47 Å². The van der Waals surface area contributed by atoms with Crippen molar-refractivity contribution in [2.45, 2.75) is 62.9 Å². The van der Waals surface area contributed by atoms with Crippen LogP contribution in [0.2, 0.25) is 0 Å². The van der Waals surface area contributed by atoms with E-state index in [1.54, 1.807) is 26.0 Å². The number of benzene rings is 2. The van der Waals surface area contributed by atoms with Crippen molar-refractivity contribution in [3.8, 4) is 22.9 Å². The lowest BCUT2D eigenvalue weighted by atomic mass is 9.95. The molecule has 1 saturated carbocycles. The number of hydrogen-bond acceptors (Lipinski definition) is 5. The van der Waals surface area contributed by atoms with Crippen LogP contribution in [-0.4, -0.2) is 29.0 Å². The number of aryl methyl sites for hydroxylation is 2. The van der Waals surface area contributed by atoms with Gasteiger partial charge >= 0.3 is 0 Å². The maximum atomic E-state index is 5.50. The highest BCUT2D eigenvalue weighted by molar-refractivity contribution is 7.98. The molecule has 31 heavy (non-hydrogen) atoms. The normalized spacial score (nSPS) is 14.6. The average molecular weight is 438 g/mol. The fourth-order valence-corrected chi connectivity index (χ4v) is 5.34. The molecule has 164 valence electrons. The van der Waals surface area contributed by atoms with Crippen LogP contribution in [0.1, 0.15) is 54.8 Å². The van der Waals surface area contributed by atoms with Crippen molar-refractivity contribution in [1.29, 1.82) is 0 Å². The molecule has 0 N–H and O–H groups in total. The lowest BCUT2D eigenvalue weighted by molar-refractivity contribution is 0.339. The topological polar surface area (TPSA) is 49.2 Å². The van der Waals surface area contributed by atoms with Gasteiger partial charge in [0.15, 0.2) is 11.0 Å². The van der Waals surface area contributed by atoms with E-state index in [0.29, 0.717) is 6.04 Å². The standard InChI is InChI=1S/C25H31N3O2S/c1-17-10-11-18(2)20(12-17)16-31-25-27-26-24(28(25)21-8-6-5-7-9-21)19-13-22(29-3)15-23(14-19)30-4/h10-15,21H,5-9,16H2,1-4H3. The van der Waals surface area contributed by atoms with Crippen LogP contribution in [-0.2, 0) is 5.75 Å². The Morgan fingerprint density at radius 2 is 1.65 bits per heavy atom. The fraction of sp³-hybridized carbons (Fsp3) is 0.440. The van der Waals surface area contributed by atoms with E-state index in [-0.39, 0.29) is 0 Å². The summed E-state index contributed by atoms with van der Waals surface area (Å²) < 4.78 is 13.4. The summed E-state index contributed by atoms with van der Waals surface area (Å²) in [6.07, 6.45) is 6.16. The number of aromatic nitrogens is 3. The van der Waals surface area contributed by atoms with E-state index >= 15 is 0 Å². The summed E-state index contributed by atoms with van der Waals surface area (Å²) in [5.41, 5.74) is 4.94. The second kappa shape index (κ2) is 9.77. The zero-order valence-corrected chi connectivity index (χ0v) is 19.7. The van der Waals surface area contributed by atoms with Gasteiger partial charge in [0.2, 0.25) is 0 Å². The molecule has 0 bridgehead atoms.